The van der Waals surface area contributed by atoms with Gasteiger partial charge in [-0.25, -0.2) is 0 Å². The van der Waals surface area contributed by atoms with Gasteiger partial charge in [0.25, 0.3) is 5.56 Å². The highest BCUT2D eigenvalue weighted by Gasteiger charge is 2.29. The Morgan fingerprint density at radius 2 is 2.00 bits per heavy atom. The third-order valence-electron chi connectivity index (χ3n) is 6.64. The fraction of sp³-hybridized carbons (Fsp3) is 0.333. The second-order valence-corrected chi connectivity index (χ2v) is 9.56. The van der Waals surface area contributed by atoms with E-state index in [1.807, 2.05) is 30.3 Å². The van der Waals surface area contributed by atoms with Crippen LogP contribution in [0.15, 0.2) is 53.6 Å². The third kappa shape index (κ3) is 4.56. The number of aromatic amines is 2. The lowest BCUT2D eigenvalue weighted by molar-refractivity contribution is -0.140. The number of hydrogen-bond donors (Lipinski definition) is 2. The molecule has 2 aromatic carbocycles. The molecule has 0 saturated carbocycles. The molecule has 0 spiro atoms. The van der Waals surface area contributed by atoms with E-state index in [0.29, 0.717) is 23.0 Å². The molecular formula is C27H28N4O4. The molecule has 0 amide bonds. The van der Waals surface area contributed by atoms with Gasteiger partial charge in [-0.1, -0.05) is 24.3 Å². The topological polar surface area (TPSA) is 110 Å². The first-order valence-electron chi connectivity index (χ1n) is 11.7. The molecular weight excluding hydrogens is 444 g/mol. The van der Waals surface area contributed by atoms with Crippen LogP contribution in [0.25, 0.3) is 11.0 Å². The number of nitrogens with one attached hydrogen (secondary N) is 2. The number of para-hydroxylation sites is 1. The quantitative estimate of drug-likeness (QED) is 0.410. The van der Waals surface area contributed by atoms with Gasteiger partial charge in [0.2, 0.25) is 0 Å². The average Bonchev–Trinajstić information content (AvgIpc) is 3.21. The largest absolute Gasteiger partial charge is 0.488 e. The average molecular weight is 473 g/mol. The number of esters is 1. The summed E-state index contributed by atoms with van der Waals surface area (Å²) in [6.45, 7) is 4.19. The van der Waals surface area contributed by atoms with Crippen molar-refractivity contribution < 1.29 is 14.3 Å². The molecule has 1 aliphatic heterocycles. The van der Waals surface area contributed by atoms with E-state index < -0.39 is 11.9 Å². The first-order valence-corrected chi connectivity index (χ1v) is 11.7. The smallest absolute Gasteiger partial charge is 0.306 e. The molecule has 0 radical (unpaired) electrons. The number of nitrogens with zero attached hydrogens (tertiary/aromatic N) is 2. The van der Waals surface area contributed by atoms with Crippen LogP contribution in [-0.4, -0.2) is 38.8 Å². The van der Waals surface area contributed by atoms with Crippen molar-refractivity contribution in [2.75, 3.05) is 7.11 Å². The molecule has 0 saturated heterocycles. The zero-order chi connectivity index (χ0) is 24.6. The van der Waals surface area contributed by atoms with Gasteiger partial charge < -0.3 is 14.6 Å². The molecule has 3 heterocycles. The van der Waals surface area contributed by atoms with Crippen LogP contribution in [-0.2, 0) is 22.4 Å². The molecule has 180 valence electrons. The van der Waals surface area contributed by atoms with Crippen molar-refractivity contribution in [3.05, 3.63) is 87.1 Å². The van der Waals surface area contributed by atoms with Gasteiger partial charge in [0.05, 0.1) is 24.6 Å². The van der Waals surface area contributed by atoms with Gasteiger partial charge >= 0.3 is 5.97 Å². The number of ether oxygens (including phenoxy) is 2. The summed E-state index contributed by atoms with van der Waals surface area (Å²) >= 11 is 0. The molecule has 2 N–H and O–H groups in total. The molecule has 0 bridgehead atoms. The van der Waals surface area contributed by atoms with Crippen LogP contribution in [0.3, 0.4) is 0 Å². The Morgan fingerprint density at radius 3 is 2.83 bits per heavy atom. The maximum Gasteiger partial charge on any atom is 0.306 e. The van der Waals surface area contributed by atoms with E-state index in [2.05, 4.69) is 40.1 Å². The Morgan fingerprint density at radius 1 is 1.17 bits per heavy atom. The fourth-order valence-corrected chi connectivity index (χ4v) is 4.85. The summed E-state index contributed by atoms with van der Waals surface area (Å²) in [6, 6.07) is 11.8. The van der Waals surface area contributed by atoms with Crippen LogP contribution in [0.2, 0.25) is 0 Å². The molecule has 1 unspecified atom stereocenters. The van der Waals surface area contributed by atoms with E-state index in [1.54, 1.807) is 12.4 Å². The number of benzene rings is 2. The number of fused-ring (bicyclic) bond motifs is 2. The highest BCUT2D eigenvalue weighted by atomic mass is 16.5. The minimum atomic E-state index is -0.547. The molecule has 35 heavy (non-hydrogen) atoms. The lowest BCUT2D eigenvalue weighted by atomic mass is 9.86. The number of carbonyl (C=O) groups is 1. The van der Waals surface area contributed by atoms with Crippen molar-refractivity contribution in [1.82, 2.24) is 20.2 Å². The highest BCUT2D eigenvalue weighted by Crippen LogP contribution is 2.35. The van der Waals surface area contributed by atoms with Crippen molar-refractivity contribution in [2.45, 2.75) is 51.0 Å². The highest BCUT2D eigenvalue weighted by molar-refractivity contribution is 5.80. The van der Waals surface area contributed by atoms with Crippen molar-refractivity contribution in [3.8, 4) is 5.75 Å². The fourth-order valence-electron chi connectivity index (χ4n) is 4.85. The number of hydrogen-bond acceptors (Lipinski definition) is 6. The van der Waals surface area contributed by atoms with Crippen molar-refractivity contribution in [1.29, 1.82) is 0 Å². The summed E-state index contributed by atoms with van der Waals surface area (Å²) in [7, 11) is 1.35. The standard InChI is InChI=1S/C27H28N4O4/c1-27(2)10-9-17-13-16(7-8-22(17)35-27)14-21-24(26(33)31-30-21)19(15-23(32)34-3)18-5-4-6-20-25(18)29-12-11-28-20/h4-8,11-13,19H,9-10,14-15H2,1-3H3,(H2,30,31,33). The van der Waals surface area contributed by atoms with Gasteiger partial charge in [0, 0.05) is 36.0 Å². The molecule has 5 rings (SSSR count). The van der Waals surface area contributed by atoms with Crippen molar-refractivity contribution in [2.24, 2.45) is 0 Å². The van der Waals surface area contributed by atoms with E-state index in [9.17, 15) is 9.59 Å². The lowest BCUT2D eigenvalue weighted by Crippen LogP contribution is -2.32. The van der Waals surface area contributed by atoms with E-state index >= 15 is 0 Å². The monoisotopic (exact) mass is 472 g/mol. The maximum absolute atomic E-state index is 13.1. The number of carbonyl (C=O) groups excluding carboxylic acids is 1. The summed E-state index contributed by atoms with van der Waals surface area (Å²) in [5.74, 6) is -0.0451. The number of rotatable bonds is 6. The van der Waals surface area contributed by atoms with E-state index in [0.717, 1.165) is 41.0 Å². The van der Waals surface area contributed by atoms with Gasteiger partial charge in [0.1, 0.15) is 11.4 Å². The van der Waals surface area contributed by atoms with Crippen molar-refractivity contribution >= 4 is 17.0 Å². The number of H-pyrrole nitrogens is 2. The summed E-state index contributed by atoms with van der Waals surface area (Å²) < 4.78 is 11.1. The predicted molar refractivity (Wildman–Crippen MR) is 132 cm³/mol. The third-order valence-corrected chi connectivity index (χ3v) is 6.64. The number of aromatic nitrogens is 4. The Balaban J connectivity index is 1.55. The molecule has 0 fully saturated rings. The van der Waals surface area contributed by atoms with Gasteiger partial charge in [-0.05, 0) is 55.5 Å². The van der Waals surface area contributed by atoms with Crippen LogP contribution in [0.5, 0.6) is 5.75 Å². The Labute approximate surface area is 202 Å². The number of methoxy groups -OCH3 is 1. The second-order valence-electron chi connectivity index (χ2n) is 9.56. The Hall–Kier alpha value is -3.94. The summed E-state index contributed by atoms with van der Waals surface area (Å²) in [5.41, 5.74) is 5.12. The predicted octanol–water partition coefficient (Wildman–Crippen LogP) is 4.04. The SMILES string of the molecule is COC(=O)CC(c1c(Cc2ccc3c(c2)CCC(C)(C)O3)[nH][nH]c1=O)c1cccc2nccnc12. The summed E-state index contributed by atoms with van der Waals surface area (Å²) in [4.78, 5) is 34.4. The molecule has 1 aliphatic rings. The zero-order valence-corrected chi connectivity index (χ0v) is 20.1. The van der Waals surface area contributed by atoms with Crippen molar-refractivity contribution in [3.63, 3.8) is 0 Å². The van der Waals surface area contributed by atoms with Gasteiger partial charge in [0.15, 0.2) is 0 Å². The molecule has 4 aromatic rings. The molecule has 1 atom stereocenters. The van der Waals surface area contributed by atoms with Crippen LogP contribution in [0.4, 0.5) is 0 Å². The molecule has 2 aromatic heterocycles. The van der Waals surface area contributed by atoms with E-state index in [4.69, 9.17) is 9.47 Å². The molecule has 0 aliphatic carbocycles. The first-order chi connectivity index (χ1) is 16.8. The second kappa shape index (κ2) is 9.02. The van der Waals surface area contributed by atoms with Crippen LogP contribution < -0.4 is 10.3 Å². The van der Waals surface area contributed by atoms with Crippen LogP contribution in [0.1, 0.15) is 60.6 Å². The van der Waals surface area contributed by atoms with Crippen LogP contribution >= 0.6 is 0 Å². The Kier molecular flexibility index (Phi) is 5.88. The minimum absolute atomic E-state index is 0.00717. The molecule has 8 nitrogen and oxygen atoms in total. The van der Waals surface area contributed by atoms with Gasteiger partial charge in [-0.15, -0.1) is 0 Å². The maximum atomic E-state index is 13.1. The van der Waals surface area contributed by atoms with E-state index in [-0.39, 0.29) is 17.6 Å². The summed E-state index contributed by atoms with van der Waals surface area (Å²) in [5, 5.41) is 5.78. The van der Waals surface area contributed by atoms with Crippen LogP contribution in [0, 0.1) is 0 Å². The normalized spacial score (nSPS) is 15.3. The Bertz CT molecular complexity index is 1450. The lowest BCUT2D eigenvalue weighted by Gasteiger charge is -2.32. The van der Waals surface area contributed by atoms with Gasteiger partial charge in [-0.2, -0.15) is 0 Å². The van der Waals surface area contributed by atoms with E-state index in [1.165, 1.54) is 7.11 Å². The minimum Gasteiger partial charge on any atom is -0.488 e. The first kappa shape index (κ1) is 22.8. The number of aryl methyl sites for hydroxylation is 1. The zero-order valence-electron chi connectivity index (χ0n) is 20.1. The van der Waals surface area contributed by atoms with Gasteiger partial charge in [-0.3, -0.25) is 24.7 Å². The molecule has 8 heteroatoms. The summed E-state index contributed by atoms with van der Waals surface area (Å²) in [6.07, 6.45) is 5.62.